The van der Waals surface area contributed by atoms with E-state index in [2.05, 4.69) is 4.98 Å². The molecular formula is C11H15FN2O3S. The van der Waals surface area contributed by atoms with E-state index in [1.165, 1.54) is 0 Å². The van der Waals surface area contributed by atoms with Gasteiger partial charge in [-0.15, -0.1) is 3.89 Å². The van der Waals surface area contributed by atoms with Gasteiger partial charge in [0.15, 0.2) is 0 Å². The lowest BCUT2D eigenvalue weighted by Gasteiger charge is -2.15. The second-order valence-corrected chi connectivity index (χ2v) is 5.97. The Labute approximate surface area is 105 Å². The van der Waals surface area contributed by atoms with Gasteiger partial charge in [0.2, 0.25) is 5.91 Å². The number of hydrogen-bond acceptors (Lipinski definition) is 3. The number of H-pyrrole nitrogens is 1. The maximum atomic E-state index is 12.5. The van der Waals surface area contributed by atoms with Crippen LogP contribution in [0.1, 0.15) is 12.1 Å². The zero-order valence-electron chi connectivity index (χ0n) is 9.80. The molecule has 1 fully saturated rings. The van der Waals surface area contributed by atoms with Crippen LogP contribution in [0.3, 0.4) is 0 Å². The first kappa shape index (κ1) is 13.1. The first-order valence-electron chi connectivity index (χ1n) is 5.76. The van der Waals surface area contributed by atoms with Gasteiger partial charge in [-0.25, -0.2) is 0 Å². The van der Waals surface area contributed by atoms with Crippen molar-refractivity contribution in [2.45, 2.75) is 12.8 Å². The van der Waals surface area contributed by atoms with Gasteiger partial charge in [0.05, 0.1) is 5.75 Å². The molecule has 1 aromatic heterocycles. The topological polar surface area (TPSA) is 70.2 Å². The van der Waals surface area contributed by atoms with Crippen molar-refractivity contribution in [1.29, 1.82) is 0 Å². The van der Waals surface area contributed by atoms with Gasteiger partial charge in [0.1, 0.15) is 0 Å². The lowest BCUT2D eigenvalue weighted by Crippen LogP contribution is -2.28. The lowest BCUT2D eigenvalue weighted by atomic mass is 10.1. The Morgan fingerprint density at radius 1 is 1.50 bits per heavy atom. The summed E-state index contributed by atoms with van der Waals surface area (Å²) in [6.45, 7) is 0.852. The predicted octanol–water partition coefficient (Wildman–Crippen LogP) is 0.705. The number of carbonyl (C=O) groups is 1. The summed E-state index contributed by atoms with van der Waals surface area (Å²) >= 11 is 0. The average Bonchev–Trinajstić information content (AvgIpc) is 2.83. The highest BCUT2D eigenvalue weighted by Gasteiger charge is 2.32. The van der Waals surface area contributed by atoms with Crippen molar-refractivity contribution in [3.63, 3.8) is 0 Å². The minimum atomic E-state index is -4.50. The second-order valence-electron chi connectivity index (χ2n) is 4.56. The highest BCUT2D eigenvalue weighted by Crippen LogP contribution is 2.20. The fourth-order valence-corrected chi connectivity index (χ4v) is 3.03. The maximum Gasteiger partial charge on any atom is 0.302 e. The Morgan fingerprint density at radius 3 is 2.89 bits per heavy atom. The van der Waals surface area contributed by atoms with Crippen LogP contribution < -0.4 is 0 Å². The molecule has 0 radical (unpaired) electrons. The first-order chi connectivity index (χ1) is 8.44. The summed E-state index contributed by atoms with van der Waals surface area (Å²) in [4.78, 5) is 16.3. The third kappa shape index (κ3) is 3.56. The van der Waals surface area contributed by atoms with E-state index < -0.39 is 21.9 Å². The molecule has 0 bridgehead atoms. The van der Waals surface area contributed by atoms with Gasteiger partial charge in [-0.05, 0) is 12.1 Å². The molecule has 7 heteroatoms. The summed E-state index contributed by atoms with van der Waals surface area (Å²) in [6, 6.07) is 3.80. The largest absolute Gasteiger partial charge is 0.365 e. The SMILES string of the molecule is O=C1CC(CS(=O)(=O)F)CN1CCc1ccc[nH]1. The van der Waals surface area contributed by atoms with Gasteiger partial charge in [-0.3, -0.25) is 4.79 Å². The highest BCUT2D eigenvalue weighted by atomic mass is 32.3. The first-order valence-corrected chi connectivity index (χ1v) is 7.31. The van der Waals surface area contributed by atoms with Crippen molar-refractivity contribution in [3.8, 4) is 0 Å². The number of aromatic nitrogens is 1. The van der Waals surface area contributed by atoms with Gasteiger partial charge in [0.25, 0.3) is 0 Å². The number of nitrogens with one attached hydrogen (secondary N) is 1. The summed E-state index contributed by atoms with van der Waals surface area (Å²) in [5.74, 6) is -1.08. The number of hydrogen-bond donors (Lipinski definition) is 1. The van der Waals surface area contributed by atoms with E-state index in [9.17, 15) is 17.1 Å². The molecule has 0 spiro atoms. The Hall–Kier alpha value is -1.37. The van der Waals surface area contributed by atoms with Gasteiger partial charge < -0.3 is 9.88 Å². The van der Waals surface area contributed by atoms with E-state index in [1.807, 2.05) is 12.1 Å². The number of aromatic amines is 1. The normalized spacial score (nSPS) is 20.6. The predicted molar refractivity (Wildman–Crippen MR) is 64.1 cm³/mol. The minimum Gasteiger partial charge on any atom is -0.365 e. The molecule has 100 valence electrons. The third-order valence-electron chi connectivity index (χ3n) is 3.04. The van der Waals surface area contributed by atoms with Crippen LogP contribution in [0.4, 0.5) is 3.89 Å². The third-order valence-corrected chi connectivity index (χ3v) is 3.91. The molecule has 1 atom stereocenters. The number of likely N-dealkylation sites (tertiary alicyclic amines) is 1. The summed E-state index contributed by atoms with van der Waals surface area (Å²) < 4.78 is 33.6. The highest BCUT2D eigenvalue weighted by molar-refractivity contribution is 7.86. The number of amides is 1. The molecule has 0 aromatic carbocycles. The monoisotopic (exact) mass is 274 g/mol. The van der Waals surface area contributed by atoms with Crippen LogP contribution >= 0.6 is 0 Å². The van der Waals surface area contributed by atoms with E-state index >= 15 is 0 Å². The van der Waals surface area contributed by atoms with E-state index in [1.54, 1.807) is 11.1 Å². The molecule has 5 nitrogen and oxygen atoms in total. The molecule has 1 aliphatic rings. The molecule has 1 saturated heterocycles. The Morgan fingerprint density at radius 2 is 2.28 bits per heavy atom. The summed E-state index contributed by atoms with van der Waals surface area (Å²) in [7, 11) is -4.50. The summed E-state index contributed by atoms with van der Waals surface area (Å²) in [5, 5.41) is 0. The van der Waals surface area contributed by atoms with Crippen molar-refractivity contribution >= 4 is 16.1 Å². The van der Waals surface area contributed by atoms with Crippen LogP contribution in [-0.4, -0.2) is 43.1 Å². The zero-order chi connectivity index (χ0) is 13.2. The van der Waals surface area contributed by atoms with Gasteiger partial charge in [-0.2, -0.15) is 8.42 Å². The molecular weight excluding hydrogens is 259 g/mol. The van der Waals surface area contributed by atoms with Crippen molar-refractivity contribution in [2.24, 2.45) is 5.92 Å². The fourth-order valence-electron chi connectivity index (χ4n) is 2.24. The summed E-state index contributed by atoms with van der Waals surface area (Å²) in [6.07, 6.45) is 2.61. The molecule has 0 aliphatic carbocycles. The van der Waals surface area contributed by atoms with Crippen LogP contribution in [-0.2, 0) is 21.4 Å². The van der Waals surface area contributed by atoms with E-state index in [0.717, 1.165) is 5.69 Å². The van der Waals surface area contributed by atoms with Crippen molar-refractivity contribution in [2.75, 3.05) is 18.8 Å². The quantitative estimate of drug-likeness (QED) is 0.804. The molecule has 0 saturated carbocycles. The van der Waals surface area contributed by atoms with Gasteiger partial charge >= 0.3 is 10.2 Å². The summed E-state index contributed by atoms with van der Waals surface area (Å²) in [5.41, 5.74) is 1.02. The molecule has 1 unspecified atom stereocenters. The molecule has 1 N–H and O–H groups in total. The van der Waals surface area contributed by atoms with Gasteiger partial charge in [-0.1, -0.05) is 0 Å². The maximum absolute atomic E-state index is 12.5. The van der Waals surface area contributed by atoms with E-state index in [0.29, 0.717) is 19.5 Å². The molecule has 2 heterocycles. The van der Waals surface area contributed by atoms with Crippen LogP contribution in [0.15, 0.2) is 18.3 Å². The lowest BCUT2D eigenvalue weighted by molar-refractivity contribution is -0.127. The Balaban J connectivity index is 1.86. The molecule has 2 rings (SSSR count). The van der Waals surface area contributed by atoms with Crippen LogP contribution in [0.2, 0.25) is 0 Å². The fraction of sp³-hybridized carbons (Fsp3) is 0.545. The number of halogens is 1. The van der Waals surface area contributed by atoms with Gasteiger partial charge in [0, 0.05) is 43.7 Å². The van der Waals surface area contributed by atoms with Crippen LogP contribution in [0.25, 0.3) is 0 Å². The zero-order valence-corrected chi connectivity index (χ0v) is 10.6. The van der Waals surface area contributed by atoms with Crippen LogP contribution in [0.5, 0.6) is 0 Å². The number of rotatable bonds is 5. The number of nitrogens with zero attached hydrogens (tertiary/aromatic N) is 1. The standard InChI is InChI=1S/C11H15FN2O3S/c12-18(16,17)8-9-6-11(15)14(7-9)5-3-10-2-1-4-13-10/h1-2,4,9,13H,3,5-8H2. The minimum absolute atomic E-state index is 0.102. The van der Waals surface area contributed by atoms with Crippen molar-refractivity contribution in [3.05, 3.63) is 24.0 Å². The van der Waals surface area contributed by atoms with E-state index in [-0.39, 0.29) is 12.3 Å². The van der Waals surface area contributed by atoms with Crippen molar-refractivity contribution in [1.82, 2.24) is 9.88 Å². The number of carbonyl (C=O) groups excluding carboxylic acids is 1. The van der Waals surface area contributed by atoms with Crippen molar-refractivity contribution < 1.29 is 17.1 Å². The second kappa shape index (κ2) is 5.09. The Kier molecular flexibility index (Phi) is 3.70. The van der Waals surface area contributed by atoms with Crippen LogP contribution in [0, 0.1) is 5.92 Å². The molecule has 1 aromatic rings. The molecule has 18 heavy (non-hydrogen) atoms. The average molecular weight is 274 g/mol. The van der Waals surface area contributed by atoms with E-state index in [4.69, 9.17) is 0 Å². The molecule has 1 amide bonds. The Bertz CT molecular complexity index is 512. The smallest absolute Gasteiger partial charge is 0.302 e. The molecule has 1 aliphatic heterocycles.